The Kier molecular flexibility index (Phi) is 5.21. The Bertz CT molecular complexity index is 579. The number of benzene rings is 2. The molecule has 0 bridgehead atoms. The fourth-order valence-electron chi connectivity index (χ4n) is 2.14. The van der Waals surface area contributed by atoms with Gasteiger partial charge in [-0.15, -0.1) is 0 Å². The molecule has 0 amide bonds. The number of halogens is 1. The van der Waals surface area contributed by atoms with E-state index in [2.05, 4.69) is 89.6 Å². The summed E-state index contributed by atoms with van der Waals surface area (Å²) in [5, 5.41) is 3.49. The lowest BCUT2D eigenvalue weighted by atomic mass is 10.1. The molecule has 1 N–H and O–H groups in total. The predicted molar refractivity (Wildman–Crippen MR) is 90.0 cm³/mol. The van der Waals surface area contributed by atoms with Gasteiger partial charge in [-0.05, 0) is 55.9 Å². The highest BCUT2D eigenvalue weighted by Gasteiger charge is 2.01. The van der Waals surface area contributed by atoms with Crippen molar-refractivity contribution in [2.45, 2.75) is 20.0 Å². The normalized spacial score (nSPS) is 10.8. The Morgan fingerprint density at radius 2 is 1.90 bits per heavy atom. The van der Waals surface area contributed by atoms with E-state index in [9.17, 15) is 0 Å². The third kappa shape index (κ3) is 4.36. The van der Waals surface area contributed by atoms with Crippen LogP contribution in [0.15, 0.2) is 46.9 Å². The van der Waals surface area contributed by atoms with Crippen molar-refractivity contribution in [2.24, 2.45) is 0 Å². The minimum atomic E-state index is 0.826. The highest BCUT2D eigenvalue weighted by molar-refractivity contribution is 9.10. The molecule has 0 aliphatic rings. The molecular weight excluding hydrogens is 312 g/mol. The van der Waals surface area contributed by atoms with Gasteiger partial charge < -0.3 is 10.2 Å². The van der Waals surface area contributed by atoms with Crippen molar-refractivity contribution in [1.82, 2.24) is 4.90 Å². The summed E-state index contributed by atoms with van der Waals surface area (Å²) in [5.74, 6) is 0. The highest BCUT2D eigenvalue weighted by atomic mass is 79.9. The Morgan fingerprint density at radius 1 is 1.10 bits per heavy atom. The molecule has 2 rings (SSSR count). The van der Waals surface area contributed by atoms with E-state index < -0.39 is 0 Å². The summed E-state index contributed by atoms with van der Waals surface area (Å²) in [6, 6.07) is 15.0. The summed E-state index contributed by atoms with van der Waals surface area (Å²) < 4.78 is 1.16. The molecule has 0 saturated carbocycles. The second kappa shape index (κ2) is 6.91. The van der Waals surface area contributed by atoms with E-state index in [-0.39, 0.29) is 0 Å². The zero-order valence-corrected chi connectivity index (χ0v) is 13.9. The second-order valence-electron chi connectivity index (χ2n) is 5.39. The van der Waals surface area contributed by atoms with Crippen molar-refractivity contribution < 1.29 is 0 Å². The number of hydrogen-bond acceptors (Lipinski definition) is 2. The maximum absolute atomic E-state index is 3.62. The van der Waals surface area contributed by atoms with Gasteiger partial charge in [-0.2, -0.15) is 0 Å². The molecule has 0 aliphatic heterocycles. The van der Waals surface area contributed by atoms with E-state index in [1.807, 2.05) is 0 Å². The number of aryl methyl sites for hydroxylation is 1. The van der Waals surface area contributed by atoms with Crippen LogP contribution in [-0.2, 0) is 13.1 Å². The highest BCUT2D eigenvalue weighted by Crippen LogP contribution is 2.20. The summed E-state index contributed by atoms with van der Waals surface area (Å²) in [5.41, 5.74) is 5.03. The number of anilines is 1. The van der Waals surface area contributed by atoms with Crippen molar-refractivity contribution in [3.05, 3.63) is 63.6 Å². The third-order valence-electron chi connectivity index (χ3n) is 3.12. The van der Waals surface area contributed by atoms with E-state index in [0.717, 1.165) is 23.2 Å². The van der Waals surface area contributed by atoms with Crippen LogP contribution < -0.4 is 5.32 Å². The van der Waals surface area contributed by atoms with Crippen LogP contribution in [0.4, 0.5) is 5.69 Å². The predicted octanol–water partition coefficient (Wildman–Crippen LogP) is 4.43. The molecule has 0 heterocycles. The summed E-state index contributed by atoms with van der Waals surface area (Å²) >= 11 is 3.62. The average molecular weight is 333 g/mol. The fraction of sp³-hybridized carbons (Fsp3) is 0.294. The van der Waals surface area contributed by atoms with E-state index in [1.165, 1.54) is 16.7 Å². The lowest BCUT2D eigenvalue weighted by molar-refractivity contribution is 0.402. The first-order valence-electron chi connectivity index (χ1n) is 6.77. The van der Waals surface area contributed by atoms with Crippen LogP contribution in [0.1, 0.15) is 16.7 Å². The zero-order chi connectivity index (χ0) is 14.5. The molecule has 0 aliphatic carbocycles. The molecule has 0 aromatic heterocycles. The van der Waals surface area contributed by atoms with E-state index >= 15 is 0 Å². The summed E-state index contributed by atoms with van der Waals surface area (Å²) in [6.45, 7) is 3.89. The van der Waals surface area contributed by atoms with E-state index in [0.29, 0.717) is 0 Å². The molecule has 0 atom stereocenters. The van der Waals surface area contributed by atoms with Gasteiger partial charge in [0.15, 0.2) is 0 Å². The first-order chi connectivity index (χ1) is 9.54. The van der Waals surface area contributed by atoms with Crippen LogP contribution in [0.5, 0.6) is 0 Å². The van der Waals surface area contributed by atoms with Gasteiger partial charge in [-0.1, -0.05) is 40.2 Å². The smallest absolute Gasteiger partial charge is 0.0411 e. The van der Waals surface area contributed by atoms with E-state index in [1.54, 1.807) is 0 Å². The molecule has 2 nitrogen and oxygen atoms in total. The standard InChI is InChI=1S/C17H21BrN2/c1-13-7-8-15(17(18)9-13)11-19-16-6-4-5-14(10-16)12-20(2)3/h4-10,19H,11-12H2,1-3H3. The van der Waals surface area contributed by atoms with Gasteiger partial charge in [-0.25, -0.2) is 0 Å². The van der Waals surface area contributed by atoms with Crippen LogP contribution in [0.3, 0.4) is 0 Å². The SMILES string of the molecule is Cc1ccc(CNc2cccc(CN(C)C)c2)c(Br)c1. The summed E-state index contributed by atoms with van der Waals surface area (Å²) in [7, 11) is 4.17. The zero-order valence-electron chi connectivity index (χ0n) is 12.3. The topological polar surface area (TPSA) is 15.3 Å². The molecule has 0 unspecified atom stereocenters. The van der Waals surface area contributed by atoms with Crippen LogP contribution in [0.2, 0.25) is 0 Å². The van der Waals surface area contributed by atoms with Gasteiger partial charge in [0.25, 0.3) is 0 Å². The van der Waals surface area contributed by atoms with Crippen molar-refractivity contribution in [3.8, 4) is 0 Å². The Hall–Kier alpha value is -1.32. The van der Waals surface area contributed by atoms with Crippen LogP contribution in [0, 0.1) is 6.92 Å². The number of nitrogens with one attached hydrogen (secondary N) is 1. The van der Waals surface area contributed by atoms with Gasteiger partial charge in [0.1, 0.15) is 0 Å². The largest absolute Gasteiger partial charge is 0.381 e. The molecule has 3 heteroatoms. The third-order valence-corrected chi connectivity index (χ3v) is 3.86. The summed E-state index contributed by atoms with van der Waals surface area (Å²) in [4.78, 5) is 2.18. The Balaban J connectivity index is 2.03. The van der Waals surface area contributed by atoms with Crippen molar-refractivity contribution in [3.63, 3.8) is 0 Å². The molecule has 2 aromatic rings. The monoisotopic (exact) mass is 332 g/mol. The van der Waals surface area contributed by atoms with Gasteiger partial charge in [0, 0.05) is 23.2 Å². The lowest BCUT2D eigenvalue weighted by Gasteiger charge is -2.13. The van der Waals surface area contributed by atoms with Gasteiger partial charge in [0.2, 0.25) is 0 Å². The first-order valence-corrected chi connectivity index (χ1v) is 7.56. The summed E-state index contributed by atoms with van der Waals surface area (Å²) in [6.07, 6.45) is 0. The quantitative estimate of drug-likeness (QED) is 0.871. The minimum Gasteiger partial charge on any atom is -0.381 e. The van der Waals surface area contributed by atoms with Gasteiger partial charge >= 0.3 is 0 Å². The molecule has 0 fully saturated rings. The Morgan fingerprint density at radius 3 is 2.60 bits per heavy atom. The van der Waals surface area contributed by atoms with Crippen LogP contribution >= 0.6 is 15.9 Å². The maximum atomic E-state index is 3.62. The molecule has 20 heavy (non-hydrogen) atoms. The van der Waals surface area contributed by atoms with Crippen LogP contribution in [0.25, 0.3) is 0 Å². The molecule has 0 radical (unpaired) electrons. The number of hydrogen-bond donors (Lipinski definition) is 1. The minimum absolute atomic E-state index is 0.826. The lowest BCUT2D eigenvalue weighted by Crippen LogP contribution is -2.10. The maximum Gasteiger partial charge on any atom is 0.0411 e. The molecule has 0 saturated heterocycles. The first kappa shape index (κ1) is 15.1. The molecule has 106 valence electrons. The van der Waals surface area contributed by atoms with Gasteiger partial charge in [0.05, 0.1) is 0 Å². The van der Waals surface area contributed by atoms with Crippen molar-refractivity contribution in [2.75, 3.05) is 19.4 Å². The van der Waals surface area contributed by atoms with Crippen LogP contribution in [-0.4, -0.2) is 19.0 Å². The van der Waals surface area contributed by atoms with Crippen molar-refractivity contribution in [1.29, 1.82) is 0 Å². The fourth-order valence-corrected chi connectivity index (χ4v) is 2.77. The number of nitrogens with zero attached hydrogens (tertiary/aromatic N) is 1. The van der Waals surface area contributed by atoms with E-state index in [4.69, 9.17) is 0 Å². The van der Waals surface area contributed by atoms with Gasteiger partial charge in [-0.3, -0.25) is 0 Å². The molecular formula is C17H21BrN2. The molecule has 2 aromatic carbocycles. The number of rotatable bonds is 5. The average Bonchev–Trinajstić information content (AvgIpc) is 2.37. The molecule has 0 spiro atoms. The second-order valence-corrected chi connectivity index (χ2v) is 6.24. The van der Waals surface area contributed by atoms with Crippen molar-refractivity contribution >= 4 is 21.6 Å². The Labute approximate surface area is 129 Å².